The van der Waals surface area contributed by atoms with E-state index in [4.69, 9.17) is 0 Å². The Bertz CT molecular complexity index is 575. The van der Waals surface area contributed by atoms with Crippen molar-refractivity contribution in [2.75, 3.05) is 6.54 Å². The van der Waals surface area contributed by atoms with Crippen molar-refractivity contribution in [1.82, 2.24) is 5.32 Å². The number of aliphatic hydroxyl groups excluding tert-OH is 1. The maximum absolute atomic E-state index is 11.9. The van der Waals surface area contributed by atoms with Crippen molar-refractivity contribution in [3.05, 3.63) is 48.0 Å². The van der Waals surface area contributed by atoms with E-state index in [0.29, 0.717) is 19.4 Å². The molecule has 0 fully saturated rings. The molecule has 0 aliphatic carbocycles. The van der Waals surface area contributed by atoms with Gasteiger partial charge in [-0.05, 0) is 29.2 Å². The zero-order valence-corrected chi connectivity index (χ0v) is 11.8. The number of aliphatic hydroxyl groups is 1. The van der Waals surface area contributed by atoms with Crippen LogP contribution in [-0.2, 0) is 11.2 Å². The standard InChI is InChI=1S/C17H21NO2/c1-2-15(19)10-11-18-17(20)12-14-8-5-7-13-6-3-4-9-16(13)14/h3-9,15,19H,2,10-12H2,1H3,(H,18,20). The Hall–Kier alpha value is -1.87. The summed E-state index contributed by atoms with van der Waals surface area (Å²) >= 11 is 0. The molecule has 1 atom stereocenters. The topological polar surface area (TPSA) is 49.3 Å². The highest BCUT2D eigenvalue weighted by Crippen LogP contribution is 2.18. The van der Waals surface area contributed by atoms with Crippen molar-refractivity contribution >= 4 is 16.7 Å². The van der Waals surface area contributed by atoms with Crippen LogP contribution in [0.25, 0.3) is 10.8 Å². The smallest absolute Gasteiger partial charge is 0.224 e. The van der Waals surface area contributed by atoms with Crippen LogP contribution in [0.4, 0.5) is 0 Å². The first kappa shape index (κ1) is 14.5. The average molecular weight is 271 g/mol. The number of nitrogens with one attached hydrogen (secondary N) is 1. The minimum Gasteiger partial charge on any atom is -0.393 e. The zero-order chi connectivity index (χ0) is 14.4. The van der Waals surface area contributed by atoms with Gasteiger partial charge >= 0.3 is 0 Å². The molecule has 0 heterocycles. The van der Waals surface area contributed by atoms with Crippen molar-refractivity contribution in [2.45, 2.75) is 32.3 Å². The quantitative estimate of drug-likeness (QED) is 0.848. The molecule has 0 aliphatic rings. The highest BCUT2D eigenvalue weighted by molar-refractivity contribution is 5.90. The maximum Gasteiger partial charge on any atom is 0.224 e. The Morgan fingerprint density at radius 1 is 1.20 bits per heavy atom. The zero-order valence-electron chi connectivity index (χ0n) is 11.8. The molecule has 1 unspecified atom stereocenters. The molecule has 0 radical (unpaired) electrons. The van der Waals surface area contributed by atoms with Crippen molar-refractivity contribution in [3.8, 4) is 0 Å². The average Bonchev–Trinajstić information content (AvgIpc) is 2.47. The lowest BCUT2D eigenvalue weighted by molar-refractivity contribution is -0.120. The summed E-state index contributed by atoms with van der Waals surface area (Å²) in [6, 6.07) is 14.1. The monoisotopic (exact) mass is 271 g/mol. The molecular weight excluding hydrogens is 250 g/mol. The highest BCUT2D eigenvalue weighted by atomic mass is 16.3. The van der Waals surface area contributed by atoms with Crippen LogP contribution in [0.15, 0.2) is 42.5 Å². The fourth-order valence-electron chi connectivity index (χ4n) is 2.26. The predicted molar refractivity (Wildman–Crippen MR) is 81.6 cm³/mol. The van der Waals surface area contributed by atoms with E-state index in [9.17, 15) is 9.90 Å². The van der Waals surface area contributed by atoms with Crippen LogP contribution in [-0.4, -0.2) is 23.7 Å². The van der Waals surface area contributed by atoms with Crippen molar-refractivity contribution in [3.63, 3.8) is 0 Å². The van der Waals surface area contributed by atoms with Gasteiger partial charge in [0, 0.05) is 6.54 Å². The van der Waals surface area contributed by atoms with Gasteiger partial charge in [0.25, 0.3) is 0 Å². The summed E-state index contributed by atoms with van der Waals surface area (Å²) in [5.41, 5.74) is 1.04. The van der Waals surface area contributed by atoms with E-state index in [1.807, 2.05) is 49.4 Å². The van der Waals surface area contributed by atoms with Gasteiger partial charge in [-0.15, -0.1) is 0 Å². The summed E-state index contributed by atoms with van der Waals surface area (Å²) in [6.07, 6.45) is 1.38. The number of benzene rings is 2. The molecule has 2 aromatic carbocycles. The van der Waals surface area contributed by atoms with Crippen molar-refractivity contribution < 1.29 is 9.90 Å². The molecule has 3 nitrogen and oxygen atoms in total. The van der Waals surface area contributed by atoms with E-state index < -0.39 is 0 Å². The van der Waals surface area contributed by atoms with E-state index in [0.717, 1.165) is 22.8 Å². The Labute approximate surface area is 119 Å². The number of carbonyl (C=O) groups excluding carboxylic acids is 1. The van der Waals surface area contributed by atoms with Gasteiger partial charge in [0.15, 0.2) is 0 Å². The summed E-state index contributed by atoms with van der Waals surface area (Å²) < 4.78 is 0. The van der Waals surface area contributed by atoms with Gasteiger partial charge in [0.05, 0.1) is 12.5 Å². The normalized spacial score (nSPS) is 12.3. The fourth-order valence-corrected chi connectivity index (χ4v) is 2.26. The number of carbonyl (C=O) groups is 1. The first-order chi connectivity index (χ1) is 9.70. The summed E-state index contributed by atoms with van der Waals surface area (Å²) in [5.74, 6) is 0.00431. The Balaban J connectivity index is 1.96. The van der Waals surface area contributed by atoms with E-state index >= 15 is 0 Å². The summed E-state index contributed by atoms with van der Waals surface area (Å²) in [4.78, 5) is 11.9. The lowest BCUT2D eigenvalue weighted by Gasteiger charge is -2.10. The molecule has 0 spiro atoms. The molecule has 0 bridgehead atoms. The molecule has 3 heteroatoms. The first-order valence-corrected chi connectivity index (χ1v) is 7.12. The molecular formula is C17H21NO2. The van der Waals surface area contributed by atoms with Gasteiger partial charge in [0.2, 0.25) is 5.91 Å². The molecule has 0 aliphatic heterocycles. The number of rotatable bonds is 6. The third kappa shape index (κ3) is 3.81. The van der Waals surface area contributed by atoms with Crippen LogP contribution in [0, 0.1) is 0 Å². The van der Waals surface area contributed by atoms with Crippen LogP contribution in [0.1, 0.15) is 25.3 Å². The molecule has 0 aromatic heterocycles. The summed E-state index contributed by atoms with van der Waals surface area (Å²) in [6.45, 7) is 2.46. The van der Waals surface area contributed by atoms with Gasteiger partial charge in [-0.3, -0.25) is 4.79 Å². The second-order valence-corrected chi connectivity index (χ2v) is 5.02. The minimum absolute atomic E-state index is 0.00431. The van der Waals surface area contributed by atoms with Gasteiger partial charge in [-0.2, -0.15) is 0 Å². The van der Waals surface area contributed by atoms with Crippen molar-refractivity contribution in [1.29, 1.82) is 0 Å². The summed E-state index contributed by atoms with van der Waals surface area (Å²) in [7, 11) is 0. The van der Waals surface area contributed by atoms with Crippen LogP contribution in [0.3, 0.4) is 0 Å². The number of amides is 1. The van der Waals surface area contributed by atoms with Crippen LogP contribution < -0.4 is 5.32 Å². The molecule has 0 saturated heterocycles. The Morgan fingerprint density at radius 2 is 1.95 bits per heavy atom. The number of fused-ring (bicyclic) bond motifs is 1. The third-order valence-electron chi connectivity index (χ3n) is 3.50. The molecule has 2 rings (SSSR count). The molecule has 2 N–H and O–H groups in total. The summed E-state index contributed by atoms with van der Waals surface area (Å²) in [5, 5.41) is 14.6. The van der Waals surface area contributed by atoms with Crippen molar-refractivity contribution in [2.24, 2.45) is 0 Å². The second kappa shape index (κ2) is 7.06. The predicted octanol–water partition coefficient (Wildman–Crippen LogP) is 2.66. The largest absolute Gasteiger partial charge is 0.393 e. The van der Waals surface area contributed by atoms with Gasteiger partial charge < -0.3 is 10.4 Å². The highest BCUT2D eigenvalue weighted by Gasteiger charge is 2.07. The minimum atomic E-state index is -0.326. The SMILES string of the molecule is CCC(O)CCNC(=O)Cc1cccc2ccccc12. The maximum atomic E-state index is 11.9. The van der Waals surface area contributed by atoms with E-state index in [1.54, 1.807) is 0 Å². The second-order valence-electron chi connectivity index (χ2n) is 5.02. The molecule has 106 valence electrons. The van der Waals surface area contributed by atoms with Crippen LogP contribution in [0.5, 0.6) is 0 Å². The fraction of sp³-hybridized carbons (Fsp3) is 0.353. The van der Waals surface area contributed by atoms with Crippen LogP contribution in [0.2, 0.25) is 0 Å². The molecule has 0 saturated carbocycles. The Morgan fingerprint density at radius 3 is 2.75 bits per heavy atom. The van der Waals surface area contributed by atoms with Gasteiger partial charge in [0.1, 0.15) is 0 Å². The first-order valence-electron chi connectivity index (χ1n) is 7.12. The molecule has 20 heavy (non-hydrogen) atoms. The van der Waals surface area contributed by atoms with E-state index in [2.05, 4.69) is 5.32 Å². The van der Waals surface area contributed by atoms with Crippen LogP contribution >= 0.6 is 0 Å². The lowest BCUT2D eigenvalue weighted by Crippen LogP contribution is -2.28. The lowest BCUT2D eigenvalue weighted by atomic mass is 10.0. The molecule has 2 aromatic rings. The Kier molecular flexibility index (Phi) is 5.13. The number of hydrogen-bond donors (Lipinski definition) is 2. The van der Waals surface area contributed by atoms with E-state index in [1.165, 1.54) is 0 Å². The molecule has 1 amide bonds. The number of hydrogen-bond acceptors (Lipinski definition) is 2. The van der Waals surface area contributed by atoms with E-state index in [-0.39, 0.29) is 12.0 Å². The van der Waals surface area contributed by atoms with Gasteiger partial charge in [-0.1, -0.05) is 49.4 Å². The van der Waals surface area contributed by atoms with Gasteiger partial charge in [-0.25, -0.2) is 0 Å². The third-order valence-corrected chi connectivity index (χ3v) is 3.50.